The number of aromatic nitrogens is 3. The van der Waals surface area contributed by atoms with E-state index in [2.05, 4.69) is 15.4 Å². The fourth-order valence-corrected chi connectivity index (χ4v) is 3.96. The Bertz CT molecular complexity index is 739. The van der Waals surface area contributed by atoms with Crippen LogP contribution in [-0.4, -0.2) is 51.6 Å². The highest BCUT2D eigenvalue weighted by Crippen LogP contribution is 2.28. The molecule has 0 bridgehead atoms. The van der Waals surface area contributed by atoms with Crippen molar-refractivity contribution in [3.63, 3.8) is 0 Å². The van der Waals surface area contributed by atoms with E-state index in [1.165, 1.54) is 0 Å². The summed E-state index contributed by atoms with van der Waals surface area (Å²) in [6, 6.07) is 1.93. The second kappa shape index (κ2) is 5.60. The molecule has 2 aromatic heterocycles. The van der Waals surface area contributed by atoms with Gasteiger partial charge in [0.15, 0.2) is 5.65 Å². The third kappa shape index (κ3) is 2.51. The van der Waals surface area contributed by atoms with E-state index in [1.54, 1.807) is 10.7 Å². The van der Waals surface area contributed by atoms with E-state index in [0.717, 1.165) is 67.9 Å². The summed E-state index contributed by atoms with van der Waals surface area (Å²) in [5.74, 6) is 1.55. The molecule has 6 heteroatoms. The maximum absolute atomic E-state index is 13.0. The molecule has 1 N–H and O–H groups in total. The lowest BCUT2D eigenvalue weighted by Gasteiger charge is -2.21. The van der Waals surface area contributed by atoms with Crippen molar-refractivity contribution in [1.29, 1.82) is 0 Å². The summed E-state index contributed by atoms with van der Waals surface area (Å²) in [5, 5.41) is 7.92. The van der Waals surface area contributed by atoms with Gasteiger partial charge in [-0.2, -0.15) is 5.10 Å². The molecule has 2 aliphatic rings. The van der Waals surface area contributed by atoms with E-state index in [-0.39, 0.29) is 5.91 Å². The maximum Gasteiger partial charge on any atom is 0.257 e. The minimum atomic E-state index is 0.0954. The van der Waals surface area contributed by atoms with E-state index in [9.17, 15) is 4.79 Å². The van der Waals surface area contributed by atoms with Crippen molar-refractivity contribution in [3.8, 4) is 0 Å². The molecule has 0 radical (unpaired) electrons. The molecule has 0 aliphatic carbocycles. The van der Waals surface area contributed by atoms with Gasteiger partial charge in [-0.05, 0) is 51.6 Å². The second-order valence-electron chi connectivity index (χ2n) is 6.86. The van der Waals surface area contributed by atoms with Gasteiger partial charge in [0.2, 0.25) is 0 Å². The molecule has 2 aromatic rings. The second-order valence-corrected chi connectivity index (χ2v) is 6.86. The lowest BCUT2D eigenvalue weighted by atomic mass is 9.92. The first-order chi connectivity index (χ1) is 11.1. The van der Waals surface area contributed by atoms with Gasteiger partial charge >= 0.3 is 0 Å². The predicted octanol–water partition coefficient (Wildman–Crippen LogP) is 1.42. The summed E-state index contributed by atoms with van der Waals surface area (Å²) in [7, 11) is 0. The lowest BCUT2D eigenvalue weighted by Crippen LogP contribution is -2.33. The zero-order valence-electron chi connectivity index (χ0n) is 13.7. The van der Waals surface area contributed by atoms with Gasteiger partial charge in [0, 0.05) is 25.4 Å². The largest absolute Gasteiger partial charge is 0.339 e. The van der Waals surface area contributed by atoms with Gasteiger partial charge in [0.25, 0.3) is 5.91 Å². The Labute approximate surface area is 135 Å². The van der Waals surface area contributed by atoms with E-state index in [0.29, 0.717) is 5.56 Å². The van der Waals surface area contributed by atoms with Crippen LogP contribution in [0.4, 0.5) is 0 Å². The smallest absolute Gasteiger partial charge is 0.257 e. The van der Waals surface area contributed by atoms with Crippen molar-refractivity contribution < 1.29 is 4.79 Å². The number of fused-ring (bicyclic) bond motifs is 2. The molecule has 2 fully saturated rings. The summed E-state index contributed by atoms with van der Waals surface area (Å²) in [6.07, 6.45) is 3.90. The molecular weight excluding hydrogens is 290 g/mol. The van der Waals surface area contributed by atoms with Gasteiger partial charge in [0.1, 0.15) is 0 Å². The monoisotopic (exact) mass is 313 g/mol. The highest BCUT2D eigenvalue weighted by atomic mass is 16.2. The fourth-order valence-electron chi connectivity index (χ4n) is 3.96. The number of hydrogen-bond acceptors (Lipinski definition) is 4. The summed E-state index contributed by atoms with van der Waals surface area (Å²) < 4.78 is 1.78. The molecule has 6 nitrogen and oxygen atoms in total. The standard InChI is InChI=1S/C17H23N5O/c1-11-7-16-19-10-15(12(2)22(16)20-11)17(23)21-5-3-13-8-18-9-14(13)4-6-21/h7,10,13-14,18H,3-6,8-9H2,1-2H3/t13-,14+. The fraction of sp³-hybridized carbons (Fsp3) is 0.588. The molecule has 0 aromatic carbocycles. The number of nitrogens with one attached hydrogen (secondary N) is 1. The van der Waals surface area contributed by atoms with Crippen molar-refractivity contribution in [2.45, 2.75) is 26.7 Å². The molecular formula is C17H23N5O. The Morgan fingerprint density at radius 2 is 1.91 bits per heavy atom. The number of carbonyl (C=O) groups excluding carboxylic acids is 1. The molecule has 0 saturated carbocycles. The summed E-state index contributed by atoms with van der Waals surface area (Å²) in [4.78, 5) is 19.4. The Balaban J connectivity index is 1.60. The first-order valence-electron chi connectivity index (χ1n) is 8.45. The molecule has 4 heterocycles. The number of nitrogens with zero attached hydrogens (tertiary/aromatic N) is 4. The topological polar surface area (TPSA) is 62.5 Å². The SMILES string of the molecule is Cc1cc2ncc(C(=O)N3CC[C@@H]4CNC[C@@H]4CC3)c(C)n2n1. The van der Waals surface area contributed by atoms with Crippen molar-refractivity contribution in [2.24, 2.45) is 11.8 Å². The maximum atomic E-state index is 13.0. The summed E-state index contributed by atoms with van der Waals surface area (Å²) >= 11 is 0. The quantitative estimate of drug-likeness (QED) is 0.865. The number of likely N-dealkylation sites (tertiary alicyclic amines) is 1. The first-order valence-corrected chi connectivity index (χ1v) is 8.45. The zero-order chi connectivity index (χ0) is 16.0. The van der Waals surface area contributed by atoms with Crippen LogP contribution in [0.5, 0.6) is 0 Å². The molecule has 122 valence electrons. The predicted molar refractivity (Wildman–Crippen MR) is 87.4 cm³/mol. The Kier molecular flexibility index (Phi) is 3.56. The van der Waals surface area contributed by atoms with E-state index in [4.69, 9.17) is 0 Å². The van der Waals surface area contributed by atoms with Crippen LogP contribution in [0.1, 0.15) is 34.6 Å². The van der Waals surface area contributed by atoms with Crippen LogP contribution in [0.2, 0.25) is 0 Å². The van der Waals surface area contributed by atoms with Crippen molar-refractivity contribution in [2.75, 3.05) is 26.2 Å². The molecule has 0 unspecified atom stereocenters. The third-order valence-corrected chi connectivity index (χ3v) is 5.38. The highest BCUT2D eigenvalue weighted by molar-refractivity contribution is 5.95. The third-order valence-electron chi connectivity index (χ3n) is 5.38. The number of amides is 1. The normalized spacial score (nSPS) is 24.7. The van der Waals surface area contributed by atoms with E-state index < -0.39 is 0 Å². The van der Waals surface area contributed by atoms with Crippen LogP contribution in [-0.2, 0) is 0 Å². The average molecular weight is 313 g/mol. The van der Waals surface area contributed by atoms with Crippen LogP contribution in [0, 0.1) is 25.7 Å². The Morgan fingerprint density at radius 3 is 2.61 bits per heavy atom. The summed E-state index contributed by atoms with van der Waals surface area (Å²) in [6.45, 7) is 7.79. The van der Waals surface area contributed by atoms with Gasteiger partial charge in [-0.25, -0.2) is 9.50 Å². The summed E-state index contributed by atoms with van der Waals surface area (Å²) in [5.41, 5.74) is 3.26. The van der Waals surface area contributed by atoms with Gasteiger partial charge in [-0.1, -0.05) is 0 Å². The van der Waals surface area contributed by atoms with E-state index >= 15 is 0 Å². The number of carbonyl (C=O) groups is 1. The number of hydrogen-bond donors (Lipinski definition) is 1. The molecule has 4 rings (SSSR count). The van der Waals surface area contributed by atoms with E-state index in [1.807, 2.05) is 24.8 Å². The number of rotatable bonds is 1. The highest BCUT2D eigenvalue weighted by Gasteiger charge is 2.32. The molecule has 2 atom stereocenters. The van der Waals surface area contributed by atoms with Crippen molar-refractivity contribution in [3.05, 3.63) is 29.2 Å². The van der Waals surface area contributed by atoms with Crippen LogP contribution in [0.15, 0.2) is 12.3 Å². The minimum absolute atomic E-state index is 0.0954. The lowest BCUT2D eigenvalue weighted by molar-refractivity contribution is 0.0756. The van der Waals surface area contributed by atoms with Crippen molar-refractivity contribution in [1.82, 2.24) is 24.8 Å². The van der Waals surface area contributed by atoms with Crippen LogP contribution >= 0.6 is 0 Å². The molecule has 23 heavy (non-hydrogen) atoms. The Morgan fingerprint density at radius 1 is 1.22 bits per heavy atom. The Hall–Kier alpha value is -1.95. The van der Waals surface area contributed by atoms with Gasteiger partial charge in [0.05, 0.1) is 17.0 Å². The van der Waals surface area contributed by atoms with Crippen LogP contribution in [0.25, 0.3) is 5.65 Å². The van der Waals surface area contributed by atoms with Crippen LogP contribution in [0.3, 0.4) is 0 Å². The number of aryl methyl sites for hydroxylation is 2. The minimum Gasteiger partial charge on any atom is -0.339 e. The van der Waals surface area contributed by atoms with Gasteiger partial charge < -0.3 is 10.2 Å². The molecule has 2 aliphatic heterocycles. The zero-order valence-corrected chi connectivity index (χ0v) is 13.7. The molecule has 0 spiro atoms. The van der Waals surface area contributed by atoms with Crippen LogP contribution < -0.4 is 5.32 Å². The molecule has 2 saturated heterocycles. The van der Waals surface area contributed by atoms with Gasteiger partial charge in [-0.15, -0.1) is 0 Å². The van der Waals surface area contributed by atoms with Gasteiger partial charge in [-0.3, -0.25) is 4.79 Å². The first kappa shape index (κ1) is 14.6. The average Bonchev–Trinajstić information content (AvgIpc) is 3.09. The van der Waals surface area contributed by atoms with Crippen molar-refractivity contribution >= 4 is 11.6 Å². The molecule has 1 amide bonds.